The molecule has 32 heavy (non-hydrogen) atoms. The number of hydrogen-bond donors (Lipinski definition) is 1. The molecule has 0 bridgehead atoms. The quantitative estimate of drug-likeness (QED) is 0.621. The van der Waals surface area contributed by atoms with Gasteiger partial charge in [-0.05, 0) is 43.9 Å². The number of carbonyl (C=O) groups excluding carboxylic acids is 2. The van der Waals surface area contributed by atoms with Gasteiger partial charge in [-0.1, -0.05) is 55.5 Å². The van der Waals surface area contributed by atoms with E-state index < -0.39 is 0 Å². The Bertz CT molecular complexity index is 1050. The summed E-state index contributed by atoms with van der Waals surface area (Å²) in [5.74, 6) is 0.775. The maximum atomic E-state index is 13.1. The summed E-state index contributed by atoms with van der Waals surface area (Å²) < 4.78 is 5.72. The molecule has 2 heterocycles. The maximum absolute atomic E-state index is 13.1. The first-order valence-corrected chi connectivity index (χ1v) is 11.2. The molecule has 0 saturated carbocycles. The van der Waals surface area contributed by atoms with Crippen molar-refractivity contribution >= 4 is 11.8 Å². The van der Waals surface area contributed by atoms with Crippen LogP contribution in [0.1, 0.15) is 53.9 Å². The van der Waals surface area contributed by atoms with E-state index in [1.54, 1.807) is 6.92 Å². The van der Waals surface area contributed by atoms with Gasteiger partial charge in [0.2, 0.25) is 11.8 Å². The fourth-order valence-electron chi connectivity index (χ4n) is 4.27. The van der Waals surface area contributed by atoms with Gasteiger partial charge in [0.1, 0.15) is 5.76 Å². The third-order valence-corrected chi connectivity index (χ3v) is 6.08. The van der Waals surface area contributed by atoms with Crippen LogP contribution < -0.4 is 5.32 Å². The lowest BCUT2D eigenvalue weighted by Crippen LogP contribution is -2.47. The van der Waals surface area contributed by atoms with Crippen molar-refractivity contribution in [2.24, 2.45) is 0 Å². The summed E-state index contributed by atoms with van der Waals surface area (Å²) in [5.41, 5.74) is 2.22. The molecule has 1 unspecified atom stereocenters. The zero-order valence-corrected chi connectivity index (χ0v) is 18.6. The fourth-order valence-corrected chi connectivity index (χ4v) is 4.27. The summed E-state index contributed by atoms with van der Waals surface area (Å²) >= 11 is 0. The molecule has 0 aliphatic carbocycles. The van der Waals surface area contributed by atoms with Crippen LogP contribution in [0.2, 0.25) is 0 Å². The summed E-state index contributed by atoms with van der Waals surface area (Å²) in [5, 5.41) is 3.08. The molecule has 3 aromatic rings. The second-order valence-electron chi connectivity index (χ2n) is 8.23. The molecule has 6 heteroatoms. The lowest BCUT2D eigenvalue weighted by Gasteiger charge is -2.34. The number of nitrogens with one attached hydrogen (secondary N) is 1. The molecule has 1 N–H and O–H groups in total. The number of aromatic nitrogens is 1. The molecule has 1 atom stereocenters. The summed E-state index contributed by atoms with van der Waals surface area (Å²) in [7, 11) is 0. The lowest BCUT2D eigenvalue weighted by atomic mass is 9.93. The summed E-state index contributed by atoms with van der Waals surface area (Å²) in [6.07, 6.45) is 2.23. The highest BCUT2D eigenvalue weighted by Crippen LogP contribution is 2.25. The largest absolute Gasteiger partial charge is 0.441 e. The molecule has 0 spiro atoms. The number of carbonyl (C=O) groups is 2. The zero-order chi connectivity index (χ0) is 22.5. The minimum absolute atomic E-state index is 0.0135. The van der Waals surface area contributed by atoms with Gasteiger partial charge in [0.15, 0.2) is 5.69 Å². The van der Waals surface area contributed by atoms with Gasteiger partial charge < -0.3 is 14.6 Å². The topological polar surface area (TPSA) is 75.4 Å². The van der Waals surface area contributed by atoms with E-state index in [0.717, 1.165) is 30.4 Å². The first-order chi connectivity index (χ1) is 15.6. The van der Waals surface area contributed by atoms with Gasteiger partial charge >= 0.3 is 0 Å². The first kappa shape index (κ1) is 21.8. The van der Waals surface area contributed by atoms with Crippen LogP contribution in [0.4, 0.5) is 0 Å². The number of amides is 2. The van der Waals surface area contributed by atoms with Crippen LogP contribution in [0.3, 0.4) is 0 Å². The molecular weight excluding hydrogens is 402 g/mol. The van der Waals surface area contributed by atoms with Crippen LogP contribution in [-0.2, 0) is 4.79 Å². The van der Waals surface area contributed by atoms with Crippen molar-refractivity contribution in [3.63, 3.8) is 0 Å². The Morgan fingerprint density at radius 1 is 1.06 bits per heavy atom. The molecule has 2 aromatic carbocycles. The predicted molar refractivity (Wildman–Crippen MR) is 123 cm³/mol. The van der Waals surface area contributed by atoms with E-state index in [-0.39, 0.29) is 23.8 Å². The smallest absolute Gasteiger partial charge is 0.273 e. The first-order valence-electron chi connectivity index (χ1n) is 11.2. The molecule has 1 aliphatic heterocycles. The molecule has 0 radical (unpaired) electrons. The maximum Gasteiger partial charge on any atom is 0.273 e. The van der Waals surface area contributed by atoms with Gasteiger partial charge in [0.05, 0.1) is 5.92 Å². The average molecular weight is 432 g/mol. The highest BCUT2D eigenvalue weighted by atomic mass is 16.4. The monoisotopic (exact) mass is 431 g/mol. The number of piperidine rings is 1. The molecule has 2 amide bonds. The van der Waals surface area contributed by atoms with E-state index in [2.05, 4.69) is 10.3 Å². The molecule has 6 nitrogen and oxygen atoms in total. The number of nitrogens with zero attached hydrogens (tertiary/aromatic N) is 2. The number of aryl methyl sites for hydroxylation is 1. The molecule has 1 aromatic heterocycles. The Morgan fingerprint density at radius 3 is 2.31 bits per heavy atom. The van der Waals surface area contributed by atoms with Crippen LogP contribution in [0.25, 0.3) is 11.5 Å². The number of rotatable bonds is 6. The van der Waals surface area contributed by atoms with Gasteiger partial charge in [-0.25, -0.2) is 4.98 Å². The summed E-state index contributed by atoms with van der Waals surface area (Å²) in [6.45, 7) is 5.08. The third-order valence-electron chi connectivity index (χ3n) is 6.08. The van der Waals surface area contributed by atoms with Crippen LogP contribution >= 0.6 is 0 Å². The van der Waals surface area contributed by atoms with E-state index >= 15 is 0 Å². The Hall–Kier alpha value is -3.41. The second kappa shape index (κ2) is 9.81. The summed E-state index contributed by atoms with van der Waals surface area (Å²) in [4.78, 5) is 32.2. The molecule has 166 valence electrons. The predicted octanol–water partition coefficient (Wildman–Crippen LogP) is 4.56. The Kier molecular flexibility index (Phi) is 6.69. The van der Waals surface area contributed by atoms with Crippen LogP contribution in [0, 0.1) is 6.92 Å². The number of oxazole rings is 1. The highest BCUT2D eigenvalue weighted by Gasteiger charge is 2.29. The Labute approximate surface area is 188 Å². The number of hydrogen-bond acceptors (Lipinski definition) is 4. The number of likely N-dealkylation sites (tertiary alicyclic amines) is 1. The van der Waals surface area contributed by atoms with Crippen molar-refractivity contribution in [3.05, 3.63) is 77.7 Å². The lowest BCUT2D eigenvalue weighted by molar-refractivity contribution is -0.134. The van der Waals surface area contributed by atoms with Gasteiger partial charge in [-0.2, -0.15) is 0 Å². The minimum atomic E-state index is -0.228. The third kappa shape index (κ3) is 4.74. The molecule has 1 fully saturated rings. The molecule has 4 rings (SSSR count). The Balaban J connectivity index is 1.35. The van der Waals surface area contributed by atoms with E-state index in [4.69, 9.17) is 4.42 Å². The van der Waals surface area contributed by atoms with Gasteiger partial charge in [0, 0.05) is 24.7 Å². The molecular formula is C26H29N3O3. The minimum Gasteiger partial charge on any atom is -0.441 e. The second-order valence-corrected chi connectivity index (χ2v) is 8.23. The SMILES string of the molecule is CCC(C(=O)N1CCC(NC(=O)c2nc(-c3ccccc3)oc2C)CC1)c1ccccc1. The van der Waals surface area contributed by atoms with Crippen molar-refractivity contribution in [2.75, 3.05) is 13.1 Å². The summed E-state index contributed by atoms with van der Waals surface area (Å²) in [6, 6.07) is 19.5. The normalized spacial score (nSPS) is 15.4. The molecule has 1 saturated heterocycles. The van der Waals surface area contributed by atoms with E-state index in [0.29, 0.717) is 30.4 Å². The van der Waals surface area contributed by atoms with Crippen molar-refractivity contribution in [2.45, 2.75) is 45.1 Å². The van der Waals surface area contributed by atoms with Crippen LogP contribution in [0.15, 0.2) is 65.1 Å². The van der Waals surface area contributed by atoms with E-state index in [1.165, 1.54) is 0 Å². The van der Waals surface area contributed by atoms with Gasteiger partial charge in [-0.15, -0.1) is 0 Å². The van der Waals surface area contributed by atoms with Crippen molar-refractivity contribution in [1.29, 1.82) is 0 Å². The van der Waals surface area contributed by atoms with E-state index in [1.807, 2.05) is 72.5 Å². The van der Waals surface area contributed by atoms with Crippen LogP contribution in [-0.4, -0.2) is 40.8 Å². The van der Waals surface area contributed by atoms with Crippen LogP contribution in [0.5, 0.6) is 0 Å². The van der Waals surface area contributed by atoms with Crippen molar-refractivity contribution < 1.29 is 14.0 Å². The van der Waals surface area contributed by atoms with Gasteiger partial charge in [-0.3, -0.25) is 9.59 Å². The molecule has 1 aliphatic rings. The highest BCUT2D eigenvalue weighted by molar-refractivity contribution is 5.94. The van der Waals surface area contributed by atoms with E-state index in [9.17, 15) is 9.59 Å². The van der Waals surface area contributed by atoms with Gasteiger partial charge in [0.25, 0.3) is 5.91 Å². The zero-order valence-electron chi connectivity index (χ0n) is 18.6. The average Bonchev–Trinajstić information content (AvgIpc) is 3.23. The fraction of sp³-hybridized carbons (Fsp3) is 0.346. The van der Waals surface area contributed by atoms with Crippen molar-refractivity contribution in [1.82, 2.24) is 15.2 Å². The standard InChI is InChI=1S/C26H29N3O3/c1-3-22(19-10-6-4-7-11-19)26(31)29-16-14-21(15-17-29)27-24(30)23-18(2)32-25(28-23)20-12-8-5-9-13-20/h4-13,21-22H,3,14-17H2,1-2H3,(H,27,30). The number of benzene rings is 2. The Morgan fingerprint density at radius 2 is 1.69 bits per heavy atom. The van der Waals surface area contributed by atoms with Crippen molar-refractivity contribution in [3.8, 4) is 11.5 Å².